The maximum absolute atomic E-state index is 14.6. The highest BCUT2D eigenvalue weighted by Gasteiger charge is 2.37. The first-order chi connectivity index (χ1) is 25.3. The largest absolute Gasteiger partial charge is 0.496 e. The Balaban J connectivity index is 1.40. The second-order valence-corrected chi connectivity index (χ2v) is 13.6. The minimum atomic E-state index is -0.916. The summed E-state index contributed by atoms with van der Waals surface area (Å²) in [6, 6.07) is 30.9. The van der Waals surface area contributed by atoms with Gasteiger partial charge in [-0.05, 0) is 65.2 Å². The fourth-order valence-corrected chi connectivity index (χ4v) is 7.61. The van der Waals surface area contributed by atoms with Gasteiger partial charge in [0.2, 0.25) is 0 Å². The lowest BCUT2D eigenvalue weighted by molar-refractivity contribution is -0.138. The van der Waals surface area contributed by atoms with Gasteiger partial charge in [-0.2, -0.15) is 0 Å². The number of aromatic nitrogens is 1. The number of thiazole rings is 1. The minimum Gasteiger partial charge on any atom is -0.496 e. The summed E-state index contributed by atoms with van der Waals surface area (Å²) < 4.78 is 25.3. The molecular weight excluding hydrogens is 719 g/mol. The van der Waals surface area contributed by atoms with E-state index in [2.05, 4.69) is 0 Å². The van der Waals surface area contributed by atoms with E-state index in [0.29, 0.717) is 59.0 Å². The van der Waals surface area contributed by atoms with Gasteiger partial charge < -0.3 is 18.9 Å². The first-order valence-electron chi connectivity index (χ1n) is 16.4. The molecule has 2 heterocycles. The first kappa shape index (κ1) is 35.1. The van der Waals surface area contributed by atoms with Crippen LogP contribution in [-0.4, -0.2) is 31.4 Å². The summed E-state index contributed by atoms with van der Waals surface area (Å²) in [5.74, 6) is 0.953. The molecule has 6 aromatic rings. The molecule has 7 rings (SSSR count). The third-order valence-electron chi connectivity index (χ3n) is 8.66. The summed E-state index contributed by atoms with van der Waals surface area (Å²) in [5.41, 5.74) is 3.27. The van der Waals surface area contributed by atoms with E-state index >= 15 is 0 Å². The van der Waals surface area contributed by atoms with Crippen LogP contribution in [0, 0.1) is 0 Å². The maximum atomic E-state index is 14.6. The van der Waals surface area contributed by atoms with Crippen LogP contribution < -0.4 is 29.1 Å². The molecular formula is C41H32Cl2N2O6S. The van der Waals surface area contributed by atoms with Crippen LogP contribution >= 0.6 is 34.5 Å². The van der Waals surface area contributed by atoms with Gasteiger partial charge >= 0.3 is 5.97 Å². The molecule has 0 bridgehead atoms. The topological polar surface area (TPSA) is 88.4 Å². The Morgan fingerprint density at radius 3 is 2.37 bits per heavy atom. The van der Waals surface area contributed by atoms with Gasteiger partial charge in [0, 0.05) is 11.1 Å². The van der Waals surface area contributed by atoms with Gasteiger partial charge in [0.05, 0.1) is 46.7 Å². The number of hydrogen-bond donors (Lipinski definition) is 0. The van der Waals surface area contributed by atoms with Crippen LogP contribution in [-0.2, 0) is 16.1 Å². The van der Waals surface area contributed by atoms with E-state index in [1.165, 1.54) is 11.3 Å². The number of carbonyl (C=O) groups excluding carboxylic acids is 1. The smallest absolute Gasteiger partial charge is 0.338 e. The number of methoxy groups -OCH3 is 2. The van der Waals surface area contributed by atoms with Crippen molar-refractivity contribution in [1.82, 2.24) is 4.57 Å². The van der Waals surface area contributed by atoms with E-state index in [0.717, 1.165) is 16.3 Å². The number of ether oxygens (including phenoxy) is 4. The summed E-state index contributed by atoms with van der Waals surface area (Å²) in [6.45, 7) is 2.14. The van der Waals surface area contributed by atoms with Crippen LogP contribution in [0.15, 0.2) is 118 Å². The van der Waals surface area contributed by atoms with E-state index in [1.54, 1.807) is 56.1 Å². The minimum absolute atomic E-state index is 0.142. The second-order valence-electron chi connectivity index (χ2n) is 11.8. The molecule has 8 nitrogen and oxygen atoms in total. The van der Waals surface area contributed by atoms with Gasteiger partial charge in [-0.1, -0.05) is 107 Å². The molecule has 1 aromatic heterocycles. The Morgan fingerprint density at radius 2 is 1.62 bits per heavy atom. The highest BCUT2D eigenvalue weighted by atomic mass is 35.5. The molecule has 1 atom stereocenters. The second kappa shape index (κ2) is 15.1. The van der Waals surface area contributed by atoms with Gasteiger partial charge in [-0.15, -0.1) is 0 Å². The van der Waals surface area contributed by atoms with Gasteiger partial charge in [0.1, 0.15) is 18.4 Å². The standard InChI is InChI=1S/C41H32Cl2N2O6S/c1-4-50-40(47)36-37(27-11-6-5-7-12-27)44-41-45(38(36)35-28-13-9-8-10-26(28)16-19-32(35)48-2)39(46)34(52-41)22-24-15-18-31(33(21-24)49-3)51-23-25-14-17-29(42)30(43)20-25/h5-22,38H,4,23H2,1-3H3/t38-/m1/s1. The molecule has 52 heavy (non-hydrogen) atoms. The Labute approximate surface area is 313 Å². The van der Waals surface area contributed by atoms with Crippen molar-refractivity contribution in [3.8, 4) is 17.2 Å². The summed E-state index contributed by atoms with van der Waals surface area (Å²) in [4.78, 5) is 34.1. The number of nitrogens with zero attached hydrogens (tertiary/aromatic N) is 2. The molecule has 0 saturated carbocycles. The van der Waals surface area contributed by atoms with Crippen molar-refractivity contribution in [2.45, 2.75) is 19.6 Å². The van der Waals surface area contributed by atoms with Crippen molar-refractivity contribution in [1.29, 1.82) is 0 Å². The zero-order chi connectivity index (χ0) is 36.4. The molecule has 0 saturated heterocycles. The Hall–Kier alpha value is -5.35. The number of rotatable bonds is 10. The van der Waals surface area contributed by atoms with Crippen molar-refractivity contribution < 1.29 is 23.7 Å². The molecule has 0 spiro atoms. The molecule has 0 aliphatic carbocycles. The van der Waals surface area contributed by atoms with Gasteiger partial charge in [-0.3, -0.25) is 9.36 Å². The summed E-state index contributed by atoms with van der Waals surface area (Å²) in [5, 5.41) is 2.67. The molecule has 262 valence electrons. The van der Waals surface area contributed by atoms with Crippen molar-refractivity contribution in [3.63, 3.8) is 0 Å². The quantitative estimate of drug-likeness (QED) is 0.132. The average molecular weight is 752 g/mol. The molecule has 0 fully saturated rings. The summed E-state index contributed by atoms with van der Waals surface area (Å²) in [7, 11) is 3.13. The van der Waals surface area contributed by atoms with Gasteiger partial charge in [-0.25, -0.2) is 9.79 Å². The predicted octanol–water partition coefficient (Wildman–Crippen LogP) is 7.99. The van der Waals surface area contributed by atoms with Crippen molar-refractivity contribution in [2.75, 3.05) is 20.8 Å². The fourth-order valence-electron chi connectivity index (χ4n) is 6.28. The third-order valence-corrected chi connectivity index (χ3v) is 10.4. The molecule has 0 N–H and O–H groups in total. The molecule has 0 amide bonds. The van der Waals surface area contributed by atoms with Crippen molar-refractivity contribution in [2.24, 2.45) is 4.99 Å². The lowest BCUT2D eigenvalue weighted by atomic mass is 9.89. The molecule has 1 aliphatic rings. The highest BCUT2D eigenvalue weighted by molar-refractivity contribution is 7.07. The lowest BCUT2D eigenvalue weighted by Crippen LogP contribution is -2.40. The molecule has 5 aromatic carbocycles. The third kappa shape index (κ3) is 6.70. The Kier molecular flexibility index (Phi) is 10.2. The van der Waals surface area contributed by atoms with Crippen LogP contribution in [0.2, 0.25) is 10.0 Å². The van der Waals surface area contributed by atoms with E-state index in [4.69, 9.17) is 47.1 Å². The van der Waals surface area contributed by atoms with Crippen molar-refractivity contribution >= 4 is 63.1 Å². The van der Waals surface area contributed by atoms with Crippen LogP contribution in [0.3, 0.4) is 0 Å². The number of halogens is 2. The summed E-state index contributed by atoms with van der Waals surface area (Å²) >= 11 is 13.5. The summed E-state index contributed by atoms with van der Waals surface area (Å²) in [6.07, 6.45) is 1.78. The van der Waals surface area contributed by atoms with Crippen LogP contribution in [0.1, 0.15) is 35.2 Å². The Morgan fingerprint density at radius 1 is 0.865 bits per heavy atom. The van der Waals surface area contributed by atoms with Gasteiger partial charge in [0.25, 0.3) is 5.56 Å². The van der Waals surface area contributed by atoms with Crippen LogP contribution in [0.5, 0.6) is 17.2 Å². The number of fused-ring (bicyclic) bond motifs is 2. The monoisotopic (exact) mass is 750 g/mol. The van der Waals surface area contributed by atoms with Crippen molar-refractivity contribution in [3.05, 3.63) is 161 Å². The normalized spacial score (nSPS) is 14.2. The van der Waals surface area contributed by atoms with Crippen LogP contribution in [0.4, 0.5) is 0 Å². The zero-order valence-corrected chi connectivity index (χ0v) is 30.7. The Bertz CT molecular complexity index is 2550. The fraction of sp³-hybridized carbons (Fsp3) is 0.146. The predicted molar refractivity (Wildman–Crippen MR) is 205 cm³/mol. The average Bonchev–Trinajstić information content (AvgIpc) is 3.48. The highest BCUT2D eigenvalue weighted by Crippen LogP contribution is 2.42. The molecule has 1 aliphatic heterocycles. The number of carbonyl (C=O) groups is 1. The SMILES string of the molecule is CCOC(=O)C1=C(c2ccccc2)N=c2sc(=Cc3ccc(OCc4ccc(Cl)c(Cl)c4)c(OC)c3)c(=O)n2[C@@H]1c1c(OC)ccc2ccccc12. The lowest BCUT2D eigenvalue weighted by Gasteiger charge is -2.28. The number of hydrogen-bond acceptors (Lipinski definition) is 8. The maximum Gasteiger partial charge on any atom is 0.338 e. The van der Waals surface area contributed by atoms with Gasteiger partial charge in [0.15, 0.2) is 16.3 Å². The molecule has 0 unspecified atom stereocenters. The van der Waals surface area contributed by atoms with E-state index < -0.39 is 12.0 Å². The zero-order valence-electron chi connectivity index (χ0n) is 28.4. The van der Waals surface area contributed by atoms with E-state index in [1.807, 2.05) is 78.9 Å². The molecule has 11 heteroatoms. The van der Waals surface area contributed by atoms with E-state index in [-0.39, 0.29) is 24.3 Å². The number of esters is 1. The first-order valence-corrected chi connectivity index (χ1v) is 18.0. The molecule has 0 radical (unpaired) electrons. The number of benzene rings is 5. The van der Waals surface area contributed by atoms with E-state index in [9.17, 15) is 9.59 Å². The van der Waals surface area contributed by atoms with Crippen LogP contribution in [0.25, 0.3) is 22.5 Å².